The Morgan fingerprint density at radius 1 is 0.846 bits per heavy atom. The second kappa shape index (κ2) is 9.82. The SMILES string of the molecule is O=C(O)c1cn(/C=C(\Cn2ccnc2)Cn2cc(C(=O)O)c(=O)c3cc(F)ccc32)c2ccc(F)cc2c1=O. The standard InChI is InChI=1S/C27H18F2N4O6/c28-16-1-3-22-18(7-16)24(34)20(26(36)37)12-32(22)10-15(9-31-6-5-30-14-31)11-33-13-21(27(38)39)25(35)19-8-17(29)2-4-23(19)33/h1-8,10,12-14H,9,11H2,(H,36,37)(H,38,39)/b15-10+. The molecule has 0 aliphatic rings. The number of halogens is 2. The summed E-state index contributed by atoms with van der Waals surface area (Å²) in [5.41, 5.74) is -1.81. The fourth-order valence-corrected chi connectivity index (χ4v) is 4.40. The number of allylic oxidation sites excluding steroid dienone is 1. The summed E-state index contributed by atoms with van der Waals surface area (Å²) in [5.74, 6) is -4.41. The van der Waals surface area contributed by atoms with Gasteiger partial charge < -0.3 is 23.9 Å². The van der Waals surface area contributed by atoms with Crippen molar-refractivity contribution in [2.75, 3.05) is 0 Å². The van der Waals surface area contributed by atoms with Crippen molar-refractivity contribution in [3.63, 3.8) is 0 Å². The average Bonchev–Trinajstić information content (AvgIpc) is 3.40. The number of aromatic carboxylic acids is 2. The minimum Gasteiger partial charge on any atom is -0.477 e. The molecule has 39 heavy (non-hydrogen) atoms. The van der Waals surface area contributed by atoms with E-state index in [-0.39, 0.29) is 34.9 Å². The minimum atomic E-state index is -1.50. The number of hydrogen-bond donors (Lipinski definition) is 2. The molecule has 196 valence electrons. The van der Waals surface area contributed by atoms with E-state index in [4.69, 9.17) is 0 Å². The quantitative estimate of drug-likeness (QED) is 0.328. The second-order valence-corrected chi connectivity index (χ2v) is 8.73. The Kier molecular flexibility index (Phi) is 6.36. The normalized spacial score (nSPS) is 11.8. The summed E-state index contributed by atoms with van der Waals surface area (Å²) in [6, 6.07) is 6.87. The third-order valence-electron chi connectivity index (χ3n) is 6.14. The number of pyridine rings is 2. The molecule has 0 aliphatic heterocycles. The van der Waals surface area contributed by atoms with Crippen LogP contribution < -0.4 is 10.9 Å². The third-order valence-corrected chi connectivity index (χ3v) is 6.14. The Morgan fingerprint density at radius 2 is 1.44 bits per heavy atom. The van der Waals surface area contributed by atoms with Crippen molar-refractivity contribution in [1.82, 2.24) is 18.7 Å². The molecule has 0 atom stereocenters. The molecular formula is C27H18F2N4O6. The Bertz CT molecular complexity index is 1940. The van der Waals surface area contributed by atoms with Gasteiger partial charge in [0.2, 0.25) is 10.9 Å². The summed E-state index contributed by atoms with van der Waals surface area (Å²) in [6.07, 6.45) is 8.51. The van der Waals surface area contributed by atoms with Gasteiger partial charge in [-0.15, -0.1) is 0 Å². The van der Waals surface area contributed by atoms with Crippen LogP contribution in [0.1, 0.15) is 20.7 Å². The number of imidazole rings is 1. The van der Waals surface area contributed by atoms with Gasteiger partial charge in [0, 0.05) is 54.8 Å². The fraction of sp³-hybridized carbons (Fsp3) is 0.0741. The lowest BCUT2D eigenvalue weighted by molar-refractivity contribution is 0.0684. The lowest BCUT2D eigenvalue weighted by atomic mass is 10.1. The van der Waals surface area contributed by atoms with Gasteiger partial charge in [0.05, 0.1) is 17.4 Å². The van der Waals surface area contributed by atoms with E-state index < -0.39 is 45.6 Å². The molecule has 0 saturated carbocycles. The summed E-state index contributed by atoms with van der Waals surface area (Å²) >= 11 is 0. The zero-order valence-electron chi connectivity index (χ0n) is 19.9. The molecule has 10 nitrogen and oxygen atoms in total. The maximum atomic E-state index is 14.0. The molecule has 3 aromatic heterocycles. The van der Waals surface area contributed by atoms with Crippen LogP contribution in [0.2, 0.25) is 0 Å². The number of benzene rings is 2. The summed E-state index contributed by atoms with van der Waals surface area (Å²) in [4.78, 5) is 53.0. The molecule has 0 bridgehead atoms. The number of fused-ring (bicyclic) bond motifs is 2. The molecule has 0 radical (unpaired) electrons. The van der Waals surface area contributed by atoms with Gasteiger partial charge in [-0.2, -0.15) is 0 Å². The molecule has 5 aromatic rings. The number of hydrogen-bond acceptors (Lipinski definition) is 5. The molecular weight excluding hydrogens is 514 g/mol. The topological polar surface area (TPSA) is 136 Å². The first-order valence-corrected chi connectivity index (χ1v) is 11.4. The molecule has 2 N–H and O–H groups in total. The van der Waals surface area contributed by atoms with Gasteiger partial charge in [-0.1, -0.05) is 0 Å². The van der Waals surface area contributed by atoms with Gasteiger partial charge in [-0.05, 0) is 42.0 Å². The Hall–Kier alpha value is -5.39. The van der Waals surface area contributed by atoms with E-state index in [2.05, 4.69) is 4.98 Å². The largest absolute Gasteiger partial charge is 0.477 e. The number of carbonyl (C=O) groups is 2. The van der Waals surface area contributed by atoms with E-state index in [0.29, 0.717) is 5.57 Å². The second-order valence-electron chi connectivity index (χ2n) is 8.73. The first-order valence-electron chi connectivity index (χ1n) is 11.4. The van der Waals surface area contributed by atoms with Crippen molar-refractivity contribution < 1.29 is 28.6 Å². The van der Waals surface area contributed by atoms with Crippen LogP contribution in [0, 0.1) is 11.6 Å². The molecule has 0 spiro atoms. The molecule has 0 aliphatic carbocycles. The van der Waals surface area contributed by atoms with Crippen molar-refractivity contribution in [2.24, 2.45) is 0 Å². The predicted molar refractivity (Wildman–Crippen MR) is 137 cm³/mol. The number of rotatable bonds is 7. The molecule has 0 amide bonds. The van der Waals surface area contributed by atoms with Gasteiger partial charge in [0.25, 0.3) is 0 Å². The number of carboxylic acid groups (broad SMARTS) is 2. The Labute approximate surface area is 216 Å². The highest BCUT2D eigenvalue weighted by Crippen LogP contribution is 2.20. The summed E-state index contributed by atoms with van der Waals surface area (Å²) in [6.45, 7) is 0.145. The number of carboxylic acids is 2. The maximum Gasteiger partial charge on any atom is 0.341 e. The Morgan fingerprint density at radius 3 is 2.03 bits per heavy atom. The van der Waals surface area contributed by atoms with Crippen molar-refractivity contribution in [2.45, 2.75) is 13.1 Å². The molecule has 0 saturated heterocycles. The summed E-state index contributed by atoms with van der Waals surface area (Å²) in [5, 5.41) is 18.9. The van der Waals surface area contributed by atoms with Crippen molar-refractivity contribution in [1.29, 1.82) is 0 Å². The van der Waals surface area contributed by atoms with Crippen LogP contribution in [0.3, 0.4) is 0 Å². The zero-order valence-corrected chi connectivity index (χ0v) is 19.9. The number of nitrogens with zero attached hydrogens (tertiary/aromatic N) is 4. The van der Waals surface area contributed by atoms with Gasteiger partial charge >= 0.3 is 11.9 Å². The molecule has 0 unspecified atom stereocenters. The third kappa shape index (κ3) is 4.82. The van der Waals surface area contributed by atoms with Crippen LogP contribution >= 0.6 is 0 Å². The lowest BCUT2D eigenvalue weighted by Crippen LogP contribution is -2.20. The van der Waals surface area contributed by atoms with Gasteiger partial charge in [0.15, 0.2) is 0 Å². The smallest absolute Gasteiger partial charge is 0.341 e. The zero-order chi connectivity index (χ0) is 27.8. The van der Waals surface area contributed by atoms with Gasteiger partial charge in [-0.3, -0.25) is 9.59 Å². The van der Waals surface area contributed by atoms with Crippen LogP contribution in [-0.2, 0) is 13.1 Å². The molecule has 0 fully saturated rings. The number of aromatic nitrogens is 4. The van der Waals surface area contributed by atoms with E-state index in [9.17, 15) is 38.2 Å². The molecule has 5 rings (SSSR count). The first-order chi connectivity index (χ1) is 18.6. The van der Waals surface area contributed by atoms with E-state index in [0.717, 1.165) is 36.7 Å². The first kappa shape index (κ1) is 25.3. The molecule has 12 heteroatoms. The highest BCUT2D eigenvalue weighted by molar-refractivity contribution is 5.94. The van der Waals surface area contributed by atoms with E-state index in [1.807, 2.05) is 0 Å². The highest BCUT2D eigenvalue weighted by atomic mass is 19.1. The van der Waals surface area contributed by atoms with Crippen molar-refractivity contribution in [3.05, 3.63) is 116 Å². The fourth-order valence-electron chi connectivity index (χ4n) is 4.40. The van der Waals surface area contributed by atoms with Crippen molar-refractivity contribution >= 4 is 39.9 Å². The highest BCUT2D eigenvalue weighted by Gasteiger charge is 2.18. The summed E-state index contributed by atoms with van der Waals surface area (Å²) in [7, 11) is 0. The van der Waals surface area contributed by atoms with E-state index in [1.54, 1.807) is 10.8 Å². The Balaban J connectivity index is 1.75. The van der Waals surface area contributed by atoms with Gasteiger partial charge in [0.1, 0.15) is 22.8 Å². The van der Waals surface area contributed by atoms with Gasteiger partial charge in [-0.25, -0.2) is 23.4 Å². The van der Waals surface area contributed by atoms with E-state index in [1.165, 1.54) is 40.0 Å². The lowest BCUT2D eigenvalue weighted by Gasteiger charge is -2.17. The van der Waals surface area contributed by atoms with Crippen LogP contribution in [0.25, 0.3) is 28.0 Å². The van der Waals surface area contributed by atoms with E-state index >= 15 is 0 Å². The average molecular weight is 532 g/mol. The maximum absolute atomic E-state index is 14.0. The molecule has 3 heterocycles. The monoisotopic (exact) mass is 532 g/mol. The van der Waals surface area contributed by atoms with Crippen LogP contribution in [0.15, 0.2) is 82.7 Å². The van der Waals surface area contributed by atoms with Crippen molar-refractivity contribution in [3.8, 4) is 0 Å². The summed E-state index contributed by atoms with van der Waals surface area (Å²) < 4.78 is 32.5. The molecule has 2 aromatic carbocycles. The van der Waals surface area contributed by atoms with Crippen LogP contribution in [-0.4, -0.2) is 40.8 Å². The van der Waals surface area contributed by atoms with Crippen LogP contribution in [0.5, 0.6) is 0 Å². The minimum absolute atomic E-state index is 0.0297. The predicted octanol–water partition coefficient (Wildman–Crippen LogP) is 3.43. The van der Waals surface area contributed by atoms with Crippen LogP contribution in [0.4, 0.5) is 8.78 Å².